The quantitative estimate of drug-likeness (QED) is 0.0139. The number of nitrogens with zero attached hydrogens (tertiary/aromatic N) is 2. The van der Waals surface area contributed by atoms with Gasteiger partial charge in [0.05, 0.1) is 78.1 Å². The number of carbonyl (C=O) groups excluding carboxylic acids is 10. The van der Waals surface area contributed by atoms with Crippen molar-refractivity contribution in [2.45, 2.75) is 115 Å². The van der Waals surface area contributed by atoms with E-state index in [2.05, 4.69) is 49.9 Å². The van der Waals surface area contributed by atoms with Crippen LogP contribution in [0.3, 0.4) is 0 Å². The fourth-order valence-electron chi connectivity index (χ4n) is 11.0. The maximum absolute atomic E-state index is 12.3. The third-order valence-electron chi connectivity index (χ3n) is 17.6. The van der Waals surface area contributed by atoms with E-state index >= 15 is 0 Å². The number of benzene rings is 3. The van der Waals surface area contributed by atoms with E-state index in [4.69, 9.17) is 63.7 Å². The van der Waals surface area contributed by atoms with E-state index in [0.29, 0.717) is 152 Å². The van der Waals surface area contributed by atoms with Gasteiger partial charge in [0.15, 0.2) is 46.4 Å². The SMILES string of the molecule is CCCC.CN(C)C(=N)N(C)C.COC(=O)N[C@H](C(=O)CO)C1CCOCC1.COC(=O)N[C@H](C(=O)O)C1CCOCC1.COP(=O)(OC)C(NCC(=O)c1ccccc1)C(=O)CO.O=C(CN[C@H](C(=O)CO)C1CCOCC1)c1ccccc1.O=C(CO)C(NCC(=O)c1ccccc1)=C1CCOCC1.O=C1CCOCC1. The van der Waals surface area contributed by atoms with E-state index in [-0.39, 0.29) is 66.3 Å². The van der Waals surface area contributed by atoms with Crippen LogP contribution in [0, 0.1) is 23.2 Å². The molecule has 0 aliphatic carbocycles. The van der Waals surface area contributed by atoms with Crippen LogP contribution in [0.25, 0.3) is 0 Å². The summed E-state index contributed by atoms with van der Waals surface area (Å²) in [6, 6.07) is 24.3. The van der Waals surface area contributed by atoms with E-state index < -0.39 is 87.7 Å². The topological polar surface area (TPSA) is 480 Å². The Morgan fingerprint density at radius 1 is 0.478 bits per heavy atom. The lowest BCUT2D eigenvalue weighted by Crippen LogP contribution is -2.48. The van der Waals surface area contributed by atoms with Crippen LogP contribution >= 0.6 is 7.60 Å². The third-order valence-corrected chi connectivity index (χ3v) is 19.7. The van der Waals surface area contributed by atoms with Gasteiger partial charge in [-0.05, 0) is 74.7 Å². The Labute approximate surface area is 662 Å². The van der Waals surface area contributed by atoms with Crippen molar-refractivity contribution in [3.63, 3.8) is 0 Å². The molecule has 4 atom stereocenters. The highest BCUT2D eigenvalue weighted by atomic mass is 31.2. The van der Waals surface area contributed by atoms with Crippen LogP contribution in [0.2, 0.25) is 0 Å². The third kappa shape index (κ3) is 41.9. The molecule has 0 radical (unpaired) electrons. The minimum Gasteiger partial charge on any atom is -0.480 e. The number of carbonyl (C=O) groups is 11. The highest BCUT2D eigenvalue weighted by Crippen LogP contribution is 2.50. The van der Waals surface area contributed by atoms with Gasteiger partial charge >= 0.3 is 25.8 Å². The number of carboxylic acids is 1. The average molecular weight is 1620 g/mol. The summed E-state index contributed by atoms with van der Waals surface area (Å²) in [4.78, 5) is 130. The molecule has 0 saturated carbocycles. The molecular weight excluding hydrogens is 1500 g/mol. The van der Waals surface area contributed by atoms with Crippen LogP contribution in [-0.2, 0) is 75.5 Å². The fourth-order valence-corrected chi connectivity index (χ4v) is 12.3. The van der Waals surface area contributed by atoms with E-state index in [0.717, 1.165) is 32.6 Å². The minimum absolute atomic E-state index is 0.00694. The maximum atomic E-state index is 12.3. The Hall–Kier alpha value is -8.45. The molecule has 0 aromatic heterocycles. The zero-order valence-corrected chi connectivity index (χ0v) is 67.8. The first-order valence-electron chi connectivity index (χ1n) is 37.3. The number of ether oxygens (including phenoxy) is 7. The Kier molecular flexibility index (Phi) is 55.4. The number of hydrogen-bond donors (Lipinski definition) is 11. The van der Waals surface area contributed by atoms with Crippen molar-refractivity contribution in [3.05, 3.63) is 119 Å². The first-order chi connectivity index (χ1) is 54.1. The number of Topliss-reactive ketones (excluding diaryl/α,β-unsaturated/α-hetero) is 8. The van der Waals surface area contributed by atoms with Gasteiger partial charge in [0, 0.05) is 112 Å². The second kappa shape index (κ2) is 61.1. The summed E-state index contributed by atoms with van der Waals surface area (Å²) in [5.41, 5.74) is 2.95. The van der Waals surface area contributed by atoms with Gasteiger partial charge in [0.25, 0.3) is 0 Å². The fraction of sp³-hybridized carbons (Fsp3) is 0.590. The predicted octanol–water partition coefficient (Wildman–Crippen LogP) is 4.87. The van der Waals surface area contributed by atoms with Gasteiger partial charge in [-0.2, -0.15) is 0 Å². The number of alkyl carbamates (subject to hydrolysis) is 2. The number of aliphatic hydroxyl groups is 4. The summed E-state index contributed by atoms with van der Waals surface area (Å²) in [5, 5.41) is 65.4. The number of guanidine groups is 1. The molecular formula is C78H121N8O26P. The lowest BCUT2D eigenvalue weighted by atomic mass is 9.89. The van der Waals surface area contributed by atoms with Crippen molar-refractivity contribution in [2.75, 3.05) is 169 Å². The molecule has 0 spiro atoms. The molecule has 5 aliphatic heterocycles. The van der Waals surface area contributed by atoms with Crippen molar-refractivity contribution in [1.82, 2.24) is 36.4 Å². The maximum Gasteiger partial charge on any atom is 0.407 e. The molecule has 3 aromatic rings. The number of methoxy groups -OCH3 is 2. The molecule has 113 heavy (non-hydrogen) atoms. The zero-order valence-electron chi connectivity index (χ0n) is 66.9. The molecule has 11 N–H and O–H groups in total. The average Bonchev–Trinajstić information content (AvgIpc) is 0.900. The number of aliphatic carboxylic acids is 1. The molecule has 2 amide bonds. The monoisotopic (exact) mass is 1620 g/mol. The molecule has 5 saturated heterocycles. The van der Waals surface area contributed by atoms with E-state index in [1.807, 2.05) is 52.5 Å². The molecule has 5 heterocycles. The van der Waals surface area contributed by atoms with Gasteiger partial charge in [-0.25, -0.2) is 14.4 Å². The summed E-state index contributed by atoms with van der Waals surface area (Å²) in [6.07, 6.45) is 8.02. The number of ketones is 8. The molecule has 0 bridgehead atoms. The Bertz CT molecular complexity index is 3340. The molecule has 35 heteroatoms. The second-order valence-electron chi connectivity index (χ2n) is 26.0. The predicted molar refractivity (Wildman–Crippen MR) is 419 cm³/mol. The molecule has 5 fully saturated rings. The lowest BCUT2D eigenvalue weighted by Gasteiger charge is -2.29. The van der Waals surface area contributed by atoms with Crippen LogP contribution < -0.4 is 26.6 Å². The highest BCUT2D eigenvalue weighted by Gasteiger charge is 2.40. The highest BCUT2D eigenvalue weighted by molar-refractivity contribution is 7.55. The molecule has 1 unspecified atom stereocenters. The van der Waals surface area contributed by atoms with E-state index in [9.17, 15) is 57.3 Å². The van der Waals surface area contributed by atoms with Crippen LogP contribution in [-0.4, -0.2) is 298 Å². The number of amides is 2. The van der Waals surface area contributed by atoms with Crippen molar-refractivity contribution in [3.8, 4) is 0 Å². The number of unbranched alkanes of at least 4 members (excludes halogenated alkanes) is 1. The Balaban J connectivity index is 0.000000669. The van der Waals surface area contributed by atoms with Gasteiger partial charge in [-0.3, -0.25) is 59.0 Å². The van der Waals surface area contributed by atoms with Crippen LogP contribution in [0.15, 0.2) is 102 Å². The normalized spacial score (nSPS) is 15.8. The van der Waals surface area contributed by atoms with Gasteiger partial charge in [0.2, 0.25) is 5.78 Å². The summed E-state index contributed by atoms with van der Waals surface area (Å²) >= 11 is 0. The van der Waals surface area contributed by atoms with Crippen molar-refractivity contribution in [2.24, 2.45) is 17.8 Å². The number of hydrogen-bond acceptors (Lipinski definition) is 29. The van der Waals surface area contributed by atoms with Crippen molar-refractivity contribution < 1.29 is 125 Å². The molecule has 8 rings (SSSR count). The van der Waals surface area contributed by atoms with Crippen molar-refractivity contribution >= 4 is 78.0 Å². The smallest absolute Gasteiger partial charge is 0.407 e. The summed E-state index contributed by atoms with van der Waals surface area (Å²) < 4.78 is 56.3. The minimum atomic E-state index is -3.78. The molecule has 5 aliphatic rings. The second-order valence-corrected chi connectivity index (χ2v) is 28.3. The standard InChI is InChI=1S/C16H21NO4.C16H19NO4.C13H18NO6P.C10H17NO5.C9H15NO5.C5H13N3.C5H8O2.C4H10/c2*18-11-15(20)16(13-6-8-21-9-7-13)17-10-14(19)12-4-2-1-3-5-12;1-19-21(18,20-2)13(12(17)9-15)14-8-11(16)10-6-4-3-5-7-10;1-15-10(14)11-9(8(13)6-12)7-2-4-16-5-3-7;1-14-9(13)10-7(8(11)12)6-2-4-15-5-3-6;1-7(2)5(6)8(3)4;6-5-1-3-7-4-2-5;1-3-4-2/h1-5,13,16-18H,6-11H2;1-5,17-18H,6-11H2;3-7,13-15H,8-9H2,1-2H3;7,9,12H,2-6H2,1H3,(H,11,14);6-7H,2-5H2,1H3,(H,10,13)(H,11,12);6H,1-4H3;1-4H2;3-4H2,1-2H3/t16-;;;9-;7-;;;/m0..00.../s1. The Morgan fingerprint density at radius 2 is 0.814 bits per heavy atom. The Morgan fingerprint density at radius 3 is 1.13 bits per heavy atom. The lowest BCUT2D eigenvalue weighted by molar-refractivity contribution is -0.142. The summed E-state index contributed by atoms with van der Waals surface area (Å²) in [6.45, 7) is 7.63. The van der Waals surface area contributed by atoms with Crippen LogP contribution in [0.1, 0.15) is 122 Å². The first kappa shape index (κ1) is 103. The molecule has 3 aromatic carbocycles. The van der Waals surface area contributed by atoms with Gasteiger partial charge in [-0.1, -0.05) is 118 Å². The zero-order chi connectivity index (χ0) is 84.5. The van der Waals surface area contributed by atoms with E-state index in [1.165, 1.54) is 27.1 Å². The van der Waals surface area contributed by atoms with Gasteiger partial charge in [0.1, 0.15) is 38.3 Å². The first-order valence-corrected chi connectivity index (χ1v) is 38.9. The number of aliphatic hydroxyl groups excluding tert-OH is 4. The van der Waals surface area contributed by atoms with Crippen LogP contribution in [0.5, 0.6) is 0 Å². The van der Waals surface area contributed by atoms with Crippen LogP contribution in [0.4, 0.5) is 9.59 Å². The number of nitrogens with one attached hydrogen (secondary N) is 6. The number of carboxylic acid groups (broad SMARTS) is 1. The molecule has 634 valence electrons. The largest absolute Gasteiger partial charge is 0.480 e. The number of rotatable bonds is 30. The van der Waals surface area contributed by atoms with Crippen molar-refractivity contribution in [1.29, 1.82) is 5.41 Å². The van der Waals surface area contributed by atoms with Gasteiger partial charge in [-0.15, -0.1) is 0 Å². The van der Waals surface area contributed by atoms with Gasteiger partial charge < -0.3 is 93.5 Å². The molecule has 34 nitrogen and oxygen atoms in total. The van der Waals surface area contributed by atoms with E-state index in [1.54, 1.807) is 76.5 Å². The summed E-state index contributed by atoms with van der Waals surface area (Å²) in [7, 11) is 8.31. The summed E-state index contributed by atoms with van der Waals surface area (Å²) in [5.74, 6) is -3.79.